The summed E-state index contributed by atoms with van der Waals surface area (Å²) < 4.78 is 5.05. The first-order chi connectivity index (χ1) is 7.51. The van der Waals surface area contributed by atoms with Crippen molar-refractivity contribution in [3.8, 4) is 0 Å². The second-order valence-electron chi connectivity index (χ2n) is 4.80. The van der Waals surface area contributed by atoms with Gasteiger partial charge in [0.1, 0.15) is 5.76 Å². The number of benzene rings is 1. The average Bonchev–Trinajstić information content (AvgIpc) is 2.60. The summed E-state index contributed by atoms with van der Waals surface area (Å²) in [6, 6.07) is 10.1. The van der Waals surface area contributed by atoms with E-state index in [-0.39, 0.29) is 17.3 Å². The normalized spacial score (nSPS) is 21.0. The molecule has 1 atom stereocenters. The fraction of sp³-hybridized carbons (Fsp3) is 0.357. The molecule has 1 fully saturated rings. The second-order valence-corrected chi connectivity index (χ2v) is 4.80. The minimum atomic E-state index is -0.211. The van der Waals surface area contributed by atoms with Crippen molar-refractivity contribution in [1.29, 1.82) is 0 Å². The zero-order valence-corrected chi connectivity index (χ0v) is 9.69. The predicted octanol–water partition coefficient (Wildman–Crippen LogP) is 3.04. The van der Waals surface area contributed by atoms with Crippen molar-refractivity contribution < 1.29 is 9.53 Å². The van der Waals surface area contributed by atoms with Gasteiger partial charge < -0.3 is 4.74 Å². The van der Waals surface area contributed by atoms with Gasteiger partial charge in [-0.05, 0) is 5.56 Å². The molecule has 0 N–H and O–H groups in total. The first kappa shape index (κ1) is 10.9. The molecule has 16 heavy (non-hydrogen) atoms. The quantitative estimate of drug-likeness (QED) is 0.710. The maximum absolute atomic E-state index is 11.7. The van der Waals surface area contributed by atoms with Crippen LogP contribution in [-0.2, 0) is 14.9 Å². The molecule has 0 amide bonds. The number of carbonyl (C=O) groups is 1. The first-order valence-corrected chi connectivity index (χ1v) is 5.47. The Morgan fingerprint density at radius 2 is 1.94 bits per heavy atom. The molecule has 1 unspecified atom stereocenters. The summed E-state index contributed by atoms with van der Waals surface area (Å²) in [6.07, 6.45) is 0.626. The van der Waals surface area contributed by atoms with Gasteiger partial charge in [0.25, 0.3) is 0 Å². The lowest BCUT2D eigenvalue weighted by Gasteiger charge is -2.29. The van der Waals surface area contributed by atoms with E-state index in [9.17, 15) is 4.79 Å². The van der Waals surface area contributed by atoms with E-state index in [4.69, 9.17) is 4.74 Å². The van der Waals surface area contributed by atoms with E-state index in [2.05, 4.69) is 20.4 Å². The minimum Gasteiger partial charge on any atom is -0.431 e. The van der Waals surface area contributed by atoms with Crippen LogP contribution in [0.3, 0.4) is 0 Å². The zero-order valence-electron chi connectivity index (χ0n) is 9.69. The highest BCUT2D eigenvalue weighted by Crippen LogP contribution is 2.40. The van der Waals surface area contributed by atoms with Crippen molar-refractivity contribution in [3.05, 3.63) is 48.2 Å². The lowest BCUT2D eigenvalue weighted by Crippen LogP contribution is -2.31. The Hall–Kier alpha value is -1.57. The molecular formula is C14H16O2. The van der Waals surface area contributed by atoms with E-state index in [1.165, 1.54) is 0 Å². The van der Waals surface area contributed by atoms with Gasteiger partial charge in [-0.1, -0.05) is 50.8 Å². The fourth-order valence-electron chi connectivity index (χ4n) is 2.18. The molecule has 84 valence electrons. The molecule has 0 radical (unpaired) electrons. The van der Waals surface area contributed by atoms with E-state index in [1.54, 1.807) is 0 Å². The van der Waals surface area contributed by atoms with Crippen LogP contribution in [-0.4, -0.2) is 5.97 Å². The SMILES string of the molecule is C=C1CC(C(C)(C)c2ccccc2)C(=O)O1. The van der Waals surface area contributed by atoms with Crippen molar-refractivity contribution in [2.75, 3.05) is 0 Å². The van der Waals surface area contributed by atoms with E-state index in [0.717, 1.165) is 5.56 Å². The molecule has 0 aliphatic carbocycles. The fourth-order valence-corrected chi connectivity index (χ4v) is 2.18. The highest BCUT2D eigenvalue weighted by Gasteiger charge is 2.42. The molecular weight excluding hydrogens is 200 g/mol. The molecule has 2 heteroatoms. The number of allylic oxidation sites excluding steroid dienone is 1. The first-order valence-electron chi connectivity index (χ1n) is 5.47. The number of hydrogen-bond acceptors (Lipinski definition) is 2. The molecule has 1 aliphatic rings. The molecule has 1 heterocycles. The predicted molar refractivity (Wildman–Crippen MR) is 62.8 cm³/mol. The maximum atomic E-state index is 11.7. The average molecular weight is 216 g/mol. The van der Waals surface area contributed by atoms with Crippen LogP contribution in [0.2, 0.25) is 0 Å². The second kappa shape index (κ2) is 3.78. The van der Waals surface area contributed by atoms with Crippen LogP contribution in [0, 0.1) is 5.92 Å². The summed E-state index contributed by atoms with van der Waals surface area (Å²) in [5.74, 6) is 0.306. The third-order valence-corrected chi connectivity index (χ3v) is 3.35. The van der Waals surface area contributed by atoms with E-state index >= 15 is 0 Å². The van der Waals surface area contributed by atoms with E-state index in [0.29, 0.717) is 12.2 Å². The minimum absolute atomic E-state index is 0.123. The lowest BCUT2D eigenvalue weighted by molar-refractivity contribution is -0.140. The number of esters is 1. The van der Waals surface area contributed by atoms with Crippen LogP contribution in [0.25, 0.3) is 0 Å². The Balaban J connectivity index is 2.32. The molecule has 0 aromatic heterocycles. The van der Waals surface area contributed by atoms with Crippen molar-refractivity contribution >= 4 is 5.97 Å². The van der Waals surface area contributed by atoms with Gasteiger partial charge in [0.05, 0.1) is 5.92 Å². The van der Waals surface area contributed by atoms with Gasteiger partial charge in [0, 0.05) is 11.8 Å². The Morgan fingerprint density at radius 1 is 1.31 bits per heavy atom. The highest BCUT2D eigenvalue weighted by molar-refractivity contribution is 5.78. The zero-order chi connectivity index (χ0) is 11.8. The van der Waals surface area contributed by atoms with E-state index < -0.39 is 0 Å². The van der Waals surface area contributed by atoms with Crippen molar-refractivity contribution in [1.82, 2.24) is 0 Å². The summed E-state index contributed by atoms with van der Waals surface area (Å²) in [6.45, 7) is 7.87. The summed E-state index contributed by atoms with van der Waals surface area (Å²) in [5.41, 5.74) is 0.948. The largest absolute Gasteiger partial charge is 0.431 e. The molecule has 1 aliphatic heterocycles. The van der Waals surface area contributed by atoms with Crippen molar-refractivity contribution in [2.45, 2.75) is 25.7 Å². The summed E-state index contributed by atoms with van der Waals surface area (Å²) >= 11 is 0. The Kier molecular flexibility index (Phi) is 2.58. The smallest absolute Gasteiger partial charge is 0.315 e. The topological polar surface area (TPSA) is 26.3 Å². The molecule has 2 nitrogen and oxygen atoms in total. The highest BCUT2D eigenvalue weighted by atomic mass is 16.5. The molecule has 1 aromatic rings. The molecule has 1 aromatic carbocycles. The summed E-state index contributed by atoms with van der Waals surface area (Å²) in [4.78, 5) is 11.7. The molecule has 1 saturated heterocycles. The van der Waals surface area contributed by atoms with Crippen LogP contribution in [0.5, 0.6) is 0 Å². The standard InChI is InChI=1S/C14H16O2/c1-10-9-12(13(15)16-10)14(2,3)11-7-5-4-6-8-11/h4-8,12H,1,9H2,2-3H3. The van der Waals surface area contributed by atoms with E-state index in [1.807, 2.05) is 30.3 Å². The summed E-state index contributed by atoms with van der Waals surface area (Å²) in [7, 11) is 0. The van der Waals surface area contributed by atoms with Crippen molar-refractivity contribution in [3.63, 3.8) is 0 Å². The molecule has 0 spiro atoms. The van der Waals surface area contributed by atoms with Crippen LogP contribution in [0.1, 0.15) is 25.8 Å². The Bertz CT molecular complexity index is 418. The molecule has 0 saturated carbocycles. The van der Waals surface area contributed by atoms with Gasteiger partial charge in [-0.2, -0.15) is 0 Å². The number of ether oxygens (including phenoxy) is 1. The van der Waals surface area contributed by atoms with Crippen LogP contribution >= 0.6 is 0 Å². The number of cyclic esters (lactones) is 1. The third kappa shape index (κ3) is 1.75. The van der Waals surface area contributed by atoms with Gasteiger partial charge >= 0.3 is 5.97 Å². The van der Waals surface area contributed by atoms with Gasteiger partial charge in [-0.15, -0.1) is 0 Å². The van der Waals surface area contributed by atoms with Crippen LogP contribution in [0.15, 0.2) is 42.7 Å². The van der Waals surface area contributed by atoms with Crippen LogP contribution in [0.4, 0.5) is 0 Å². The monoisotopic (exact) mass is 216 g/mol. The third-order valence-electron chi connectivity index (χ3n) is 3.35. The number of hydrogen-bond donors (Lipinski definition) is 0. The maximum Gasteiger partial charge on any atom is 0.315 e. The van der Waals surface area contributed by atoms with Crippen LogP contribution < -0.4 is 0 Å². The molecule has 0 bridgehead atoms. The number of rotatable bonds is 2. The number of carbonyl (C=O) groups excluding carboxylic acids is 1. The Labute approximate surface area is 95.9 Å². The Morgan fingerprint density at radius 3 is 2.44 bits per heavy atom. The van der Waals surface area contributed by atoms with Gasteiger partial charge in [-0.25, -0.2) is 0 Å². The van der Waals surface area contributed by atoms with Gasteiger partial charge in [0.2, 0.25) is 0 Å². The van der Waals surface area contributed by atoms with Crippen molar-refractivity contribution in [2.24, 2.45) is 5.92 Å². The van der Waals surface area contributed by atoms with Gasteiger partial charge in [0.15, 0.2) is 0 Å². The van der Waals surface area contributed by atoms with Gasteiger partial charge in [-0.3, -0.25) is 4.79 Å². The molecule has 2 rings (SSSR count). The summed E-state index contributed by atoms with van der Waals surface area (Å²) in [5, 5.41) is 0. The lowest BCUT2D eigenvalue weighted by atomic mass is 9.72.